The molecule has 7 heteroatoms. The second kappa shape index (κ2) is 4.56. The molecule has 0 saturated carbocycles. The van der Waals surface area contributed by atoms with Crippen LogP contribution >= 0.6 is 15.9 Å². The highest BCUT2D eigenvalue weighted by molar-refractivity contribution is 9.10. The van der Waals surface area contributed by atoms with Crippen molar-refractivity contribution in [1.82, 2.24) is 4.98 Å². The maximum atomic E-state index is 11.8. The second-order valence-electron chi connectivity index (χ2n) is 4.20. The molecule has 0 radical (unpaired) electrons. The van der Waals surface area contributed by atoms with Gasteiger partial charge in [0.15, 0.2) is 0 Å². The maximum absolute atomic E-state index is 11.8. The number of aryl methyl sites for hydroxylation is 1. The summed E-state index contributed by atoms with van der Waals surface area (Å²) in [5.41, 5.74) is 6.96. The van der Waals surface area contributed by atoms with Gasteiger partial charge in [-0.05, 0) is 28.9 Å². The number of rotatable bonds is 2. The Morgan fingerprint density at radius 3 is 2.89 bits per heavy atom. The Labute approximate surface area is 112 Å². The van der Waals surface area contributed by atoms with E-state index in [2.05, 4.69) is 20.9 Å². The quantitative estimate of drug-likeness (QED) is 0.854. The van der Waals surface area contributed by atoms with Crippen molar-refractivity contribution >= 4 is 39.3 Å². The molecular formula is C11H12BrN3O3. The molecule has 1 amide bonds. The summed E-state index contributed by atoms with van der Waals surface area (Å²) in [5.74, 6) is -1.66. The van der Waals surface area contributed by atoms with Crippen LogP contribution in [0.1, 0.15) is 12.1 Å². The molecule has 0 aromatic carbocycles. The van der Waals surface area contributed by atoms with Gasteiger partial charge in [-0.1, -0.05) is 0 Å². The molecule has 1 aromatic heterocycles. The minimum absolute atomic E-state index is 0.000267. The van der Waals surface area contributed by atoms with E-state index in [1.54, 1.807) is 13.0 Å². The average molecular weight is 314 g/mol. The van der Waals surface area contributed by atoms with Gasteiger partial charge in [-0.3, -0.25) is 9.59 Å². The molecule has 1 aromatic rings. The van der Waals surface area contributed by atoms with Gasteiger partial charge in [0, 0.05) is 17.4 Å². The molecule has 2 heterocycles. The molecule has 6 nitrogen and oxygen atoms in total. The van der Waals surface area contributed by atoms with Gasteiger partial charge in [0.25, 0.3) is 0 Å². The first-order valence-corrected chi connectivity index (χ1v) is 6.15. The standard InChI is InChI=1S/C11H12BrN3O3/c1-5-7(12)3-8(10(13)14-5)15-4-6(11(17)18)2-9(15)16/h3,6H,2,4H2,1H3,(H2,13,14)(H,17,18). The van der Waals surface area contributed by atoms with Crippen molar-refractivity contribution in [1.29, 1.82) is 0 Å². The molecule has 0 aliphatic carbocycles. The van der Waals surface area contributed by atoms with E-state index in [9.17, 15) is 9.59 Å². The molecule has 1 fully saturated rings. The van der Waals surface area contributed by atoms with Crippen molar-refractivity contribution in [3.05, 3.63) is 16.2 Å². The Bertz CT molecular complexity index is 533. The van der Waals surface area contributed by atoms with Gasteiger partial charge in [-0.25, -0.2) is 4.98 Å². The SMILES string of the molecule is Cc1nc(N)c(N2CC(C(=O)O)CC2=O)cc1Br. The monoisotopic (exact) mass is 313 g/mol. The number of nitrogens with zero attached hydrogens (tertiary/aromatic N) is 2. The van der Waals surface area contributed by atoms with Gasteiger partial charge in [-0.2, -0.15) is 0 Å². The third kappa shape index (κ3) is 2.17. The van der Waals surface area contributed by atoms with Crippen molar-refractivity contribution in [2.45, 2.75) is 13.3 Å². The Kier molecular flexibility index (Phi) is 3.25. The van der Waals surface area contributed by atoms with Gasteiger partial charge in [0.05, 0.1) is 17.3 Å². The van der Waals surface area contributed by atoms with E-state index in [1.807, 2.05) is 0 Å². The lowest BCUT2D eigenvalue weighted by atomic mass is 10.1. The summed E-state index contributed by atoms with van der Waals surface area (Å²) in [5, 5.41) is 8.93. The average Bonchev–Trinajstić information content (AvgIpc) is 2.66. The summed E-state index contributed by atoms with van der Waals surface area (Å²) in [6.07, 6.45) is 0.000267. The van der Waals surface area contributed by atoms with Crippen LogP contribution < -0.4 is 10.6 Å². The fraction of sp³-hybridized carbons (Fsp3) is 0.364. The fourth-order valence-corrected chi connectivity index (χ4v) is 2.22. The number of carbonyl (C=O) groups is 2. The molecule has 1 saturated heterocycles. The van der Waals surface area contributed by atoms with Crippen molar-refractivity contribution < 1.29 is 14.7 Å². The highest BCUT2D eigenvalue weighted by atomic mass is 79.9. The lowest BCUT2D eigenvalue weighted by Crippen LogP contribution is -2.27. The molecule has 1 aliphatic heterocycles. The highest BCUT2D eigenvalue weighted by Crippen LogP contribution is 2.32. The van der Waals surface area contributed by atoms with Crippen LogP contribution in [-0.4, -0.2) is 28.5 Å². The minimum Gasteiger partial charge on any atom is -0.481 e. The van der Waals surface area contributed by atoms with Gasteiger partial charge >= 0.3 is 5.97 Å². The first kappa shape index (κ1) is 12.8. The van der Waals surface area contributed by atoms with Gasteiger partial charge in [0.1, 0.15) is 5.82 Å². The smallest absolute Gasteiger partial charge is 0.308 e. The number of nitrogen functional groups attached to an aromatic ring is 1. The van der Waals surface area contributed by atoms with Gasteiger partial charge in [0.2, 0.25) is 5.91 Å². The number of halogens is 1. The van der Waals surface area contributed by atoms with Gasteiger partial charge in [-0.15, -0.1) is 0 Å². The minimum atomic E-state index is -0.969. The van der Waals surface area contributed by atoms with E-state index in [-0.39, 0.29) is 24.7 Å². The first-order valence-electron chi connectivity index (χ1n) is 5.36. The number of hydrogen-bond acceptors (Lipinski definition) is 4. The normalized spacial score (nSPS) is 19.3. The largest absolute Gasteiger partial charge is 0.481 e. The number of carboxylic acids is 1. The molecular weight excluding hydrogens is 302 g/mol. The zero-order valence-electron chi connectivity index (χ0n) is 9.68. The number of carbonyl (C=O) groups excluding carboxylic acids is 1. The second-order valence-corrected chi connectivity index (χ2v) is 5.06. The summed E-state index contributed by atoms with van der Waals surface area (Å²) < 4.78 is 0.735. The third-order valence-corrected chi connectivity index (χ3v) is 3.73. The highest BCUT2D eigenvalue weighted by Gasteiger charge is 2.36. The Morgan fingerprint density at radius 2 is 2.33 bits per heavy atom. The van der Waals surface area contributed by atoms with Crippen LogP contribution in [-0.2, 0) is 9.59 Å². The predicted octanol–water partition coefficient (Wildman–Crippen LogP) is 1.17. The number of hydrogen-bond donors (Lipinski definition) is 2. The number of aliphatic carboxylic acids is 1. The lowest BCUT2D eigenvalue weighted by molar-refractivity contribution is -0.141. The number of anilines is 2. The van der Waals surface area contributed by atoms with Crippen LogP contribution in [0.2, 0.25) is 0 Å². The van der Waals surface area contributed by atoms with Crippen LogP contribution in [0.3, 0.4) is 0 Å². The fourth-order valence-electron chi connectivity index (χ4n) is 1.91. The summed E-state index contributed by atoms with van der Waals surface area (Å²) >= 11 is 3.32. The first-order chi connectivity index (χ1) is 8.40. The Balaban J connectivity index is 2.35. The van der Waals surface area contributed by atoms with Crippen LogP contribution in [0.4, 0.5) is 11.5 Å². The van der Waals surface area contributed by atoms with E-state index < -0.39 is 11.9 Å². The zero-order valence-corrected chi connectivity index (χ0v) is 11.3. The number of aromatic nitrogens is 1. The van der Waals surface area contributed by atoms with E-state index >= 15 is 0 Å². The third-order valence-electron chi connectivity index (χ3n) is 2.92. The molecule has 1 aliphatic rings. The lowest BCUT2D eigenvalue weighted by Gasteiger charge is -2.18. The van der Waals surface area contributed by atoms with Crippen molar-refractivity contribution in [3.63, 3.8) is 0 Å². The number of carboxylic acid groups (broad SMARTS) is 1. The molecule has 96 valence electrons. The molecule has 1 unspecified atom stereocenters. The van der Waals surface area contributed by atoms with Crippen LogP contribution in [0, 0.1) is 12.8 Å². The predicted molar refractivity (Wildman–Crippen MR) is 69.2 cm³/mol. The van der Waals surface area contributed by atoms with Gasteiger partial charge < -0.3 is 15.7 Å². The van der Waals surface area contributed by atoms with Crippen LogP contribution in [0.5, 0.6) is 0 Å². The van der Waals surface area contributed by atoms with E-state index in [1.165, 1.54) is 4.90 Å². The maximum Gasteiger partial charge on any atom is 0.308 e. The summed E-state index contributed by atoms with van der Waals surface area (Å²) in [6.45, 7) is 1.92. The number of pyridine rings is 1. The number of amides is 1. The molecule has 18 heavy (non-hydrogen) atoms. The van der Waals surface area contributed by atoms with Crippen LogP contribution in [0.25, 0.3) is 0 Å². The Hall–Kier alpha value is -1.63. The van der Waals surface area contributed by atoms with Crippen molar-refractivity contribution in [2.75, 3.05) is 17.2 Å². The van der Waals surface area contributed by atoms with Crippen molar-refractivity contribution in [3.8, 4) is 0 Å². The molecule has 2 rings (SSSR count). The molecule has 1 atom stereocenters. The van der Waals surface area contributed by atoms with E-state index in [0.29, 0.717) is 5.69 Å². The summed E-state index contributed by atoms with van der Waals surface area (Å²) in [7, 11) is 0. The summed E-state index contributed by atoms with van der Waals surface area (Å²) in [6, 6.07) is 1.69. The molecule has 0 spiro atoms. The molecule has 0 bridgehead atoms. The van der Waals surface area contributed by atoms with Crippen molar-refractivity contribution in [2.24, 2.45) is 5.92 Å². The molecule has 3 N–H and O–H groups in total. The number of nitrogens with two attached hydrogens (primary N) is 1. The topological polar surface area (TPSA) is 96.5 Å². The van der Waals surface area contributed by atoms with Crippen LogP contribution in [0.15, 0.2) is 10.5 Å². The Morgan fingerprint density at radius 1 is 1.67 bits per heavy atom. The summed E-state index contributed by atoms with van der Waals surface area (Å²) in [4.78, 5) is 28.2. The zero-order chi connectivity index (χ0) is 13.4. The van der Waals surface area contributed by atoms with E-state index in [0.717, 1.165) is 10.2 Å². The van der Waals surface area contributed by atoms with E-state index in [4.69, 9.17) is 10.8 Å².